The van der Waals surface area contributed by atoms with E-state index in [0.717, 1.165) is 25.2 Å². The van der Waals surface area contributed by atoms with Crippen LogP contribution in [0.25, 0.3) is 0 Å². The molecule has 0 atom stereocenters. The monoisotopic (exact) mass is 274 g/mol. The molecule has 0 bridgehead atoms. The molecule has 0 aliphatic heterocycles. The second kappa shape index (κ2) is 7.05. The first-order valence-corrected chi connectivity index (χ1v) is 7.02. The summed E-state index contributed by atoms with van der Waals surface area (Å²) in [7, 11) is 0. The van der Waals surface area contributed by atoms with Gasteiger partial charge in [-0.1, -0.05) is 6.07 Å². The molecule has 5 heteroatoms. The Morgan fingerprint density at radius 2 is 2.10 bits per heavy atom. The van der Waals surface area contributed by atoms with Crippen LogP contribution in [0.4, 0.5) is 0 Å². The van der Waals surface area contributed by atoms with Crippen LogP contribution in [0.5, 0.6) is 5.88 Å². The van der Waals surface area contributed by atoms with E-state index >= 15 is 0 Å². The maximum absolute atomic E-state index is 5.71. The summed E-state index contributed by atoms with van der Waals surface area (Å²) >= 11 is 0. The van der Waals surface area contributed by atoms with E-state index in [0.29, 0.717) is 5.88 Å². The van der Waals surface area contributed by atoms with Crippen LogP contribution in [0.2, 0.25) is 0 Å². The molecule has 0 saturated carbocycles. The van der Waals surface area contributed by atoms with Crippen molar-refractivity contribution >= 4 is 0 Å². The van der Waals surface area contributed by atoms with E-state index in [9.17, 15) is 0 Å². The summed E-state index contributed by atoms with van der Waals surface area (Å²) in [5.74, 6) is 0.707. The molecule has 0 saturated heterocycles. The quantitative estimate of drug-likeness (QED) is 0.842. The number of nitrogens with one attached hydrogen (secondary N) is 1. The van der Waals surface area contributed by atoms with E-state index in [1.807, 2.05) is 42.9 Å². The van der Waals surface area contributed by atoms with Crippen LogP contribution in [-0.4, -0.2) is 20.9 Å². The molecule has 2 aromatic rings. The Balaban J connectivity index is 1.94. The molecule has 0 unspecified atom stereocenters. The third-order valence-corrected chi connectivity index (χ3v) is 2.92. The van der Waals surface area contributed by atoms with Crippen molar-refractivity contribution in [1.29, 1.82) is 0 Å². The minimum atomic E-state index is 0.130. The smallest absolute Gasteiger partial charge is 0.218 e. The summed E-state index contributed by atoms with van der Waals surface area (Å²) in [6.07, 6.45) is 3.72. The van der Waals surface area contributed by atoms with Crippen molar-refractivity contribution in [2.45, 2.75) is 46.5 Å². The lowest BCUT2D eigenvalue weighted by molar-refractivity contribution is 0.229. The van der Waals surface area contributed by atoms with Gasteiger partial charge >= 0.3 is 0 Å². The fraction of sp³-hybridized carbons (Fsp3) is 0.467. The molecule has 2 rings (SSSR count). The zero-order valence-corrected chi connectivity index (χ0v) is 12.3. The second-order valence-corrected chi connectivity index (χ2v) is 4.88. The van der Waals surface area contributed by atoms with E-state index in [4.69, 9.17) is 4.74 Å². The van der Waals surface area contributed by atoms with Crippen LogP contribution in [-0.2, 0) is 19.6 Å². The fourth-order valence-corrected chi connectivity index (χ4v) is 2.01. The summed E-state index contributed by atoms with van der Waals surface area (Å²) in [6, 6.07) is 6.00. The van der Waals surface area contributed by atoms with Gasteiger partial charge in [-0.15, -0.1) is 0 Å². The normalized spacial score (nSPS) is 11.0. The van der Waals surface area contributed by atoms with Crippen molar-refractivity contribution in [2.24, 2.45) is 0 Å². The Kier molecular flexibility index (Phi) is 5.12. The Hall–Kier alpha value is -1.88. The number of hydrogen-bond acceptors (Lipinski definition) is 4. The first-order valence-electron chi connectivity index (χ1n) is 7.02. The van der Waals surface area contributed by atoms with Crippen LogP contribution in [0.15, 0.2) is 30.6 Å². The maximum atomic E-state index is 5.71. The van der Waals surface area contributed by atoms with Crippen LogP contribution in [0, 0.1) is 0 Å². The van der Waals surface area contributed by atoms with E-state index in [1.165, 1.54) is 5.69 Å². The predicted octanol–water partition coefficient (Wildman–Crippen LogP) is 2.38. The highest BCUT2D eigenvalue weighted by atomic mass is 16.5. The van der Waals surface area contributed by atoms with Gasteiger partial charge in [0.25, 0.3) is 0 Å². The Morgan fingerprint density at radius 3 is 2.85 bits per heavy atom. The first kappa shape index (κ1) is 14.5. The lowest BCUT2D eigenvalue weighted by Gasteiger charge is -2.13. The summed E-state index contributed by atoms with van der Waals surface area (Å²) in [5.41, 5.74) is 2.26. The predicted molar refractivity (Wildman–Crippen MR) is 78.4 cm³/mol. The van der Waals surface area contributed by atoms with Gasteiger partial charge < -0.3 is 10.1 Å². The molecule has 2 heterocycles. The average Bonchev–Trinajstić information content (AvgIpc) is 2.87. The summed E-state index contributed by atoms with van der Waals surface area (Å²) < 4.78 is 7.70. The Labute approximate surface area is 120 Å². The zero-order chi connectivity index (χ0) is 14.4. The van der Waals surface area contributed by atoms with Crippen LogP contribution < -0.4 is 10.1 Å². The minimum Gasteiger partial charge on any atom is -0.475 e. The molecule has 0 amide bonds. The number of pyridine rings is 1. The van der Waals surface area contributed by atoms with Gasteiger partial charge in [0.2, 0.25) is 5.88 Å². The van der Waals surface area contributed by atoms with Gasteiger partial charge in [-0.05, 0) is 32.9 Å². The van der Waals surface area contributed by atoms with Gasteiger partial charge in [-0.3, -0.25) is 4.68 Å². The second-order valence-electron chi connectivity index (χ2n) is 4.88. The van der Waals surface area contributed by atoms with Gasteiger partial charge in [-0.2, -0.15) is 5.10 Å². The van der Waals surface area contributed by atoms with E-state index in [1.54, 1.807) is 6.20 Å². The Bertz CT molecular complexity index is 536. The molecule has 0 aliphatic rings. The number of hydrogen-bond donors (Lipinski definition) is 1. The molecule has 0 spiro atoms. The van der Waals surface area contributed by atoms with Crippen molar-refractivity contribution in [3.63, 3.8) is 0 Å². The van der Waals surface area contributed by atoms with Crippen molar-refractivity contribution < 1.29 is 4.74 Å². The maximum Gasteiger partial charge on any atom is 0.218 e. The molecule has 0 radical (unpaired) electrons. The number of aromatic nitrogens is 3. The van der Waals surface area contributed by atoms with E-state index in [2.05, 4.69) is 22.3 Å². The highest BCUT2D eigenvalue weighted by molar-refractivity contribution is 5.25. The standard InChI is InChI=1S/C15H22N4O/c1-4-19-14(7-9-18-19)11-16-10-13-6-5-8-17-15(13)20-12(2)3/h5-9,12,16H,4,10-11H2,1-3H3. The van der Waals surface area contributed by atoms with Gasteiger partial charge in [0.1, 0.15) is 0 Å². The minimum absolute atomic E-state index is 0.130. The number of nitrogens with zero attached hydrogens (tertiary/aromatic N) is 3. The first-order chi connectivity index (χ1) is 9.70. The van der Waals surface area contributed by atoms with Gasteiger partial charge in [0.15, 0.2) is 0 Å². The highest BCUT2D eigenvalue weighted by Crippen LogP contribution is 2.15. The van der Waals surface area contributed by atoms with Gasteiger partial charge in [0.05, 0.1) is 11.8 Å². The van der Waals surface area contributed by atoms with Crippen molar-refractivity contribution in [2.75, 3.05) is 0 Å². The Morgan fingerprint density at radius 1 is 1.25 bits per heavy atom. The van der Waals surface area contributed by atoms with E-state index < -0.39 is 0 Å². The van der Waals surface area contributed by atoms with Crippen LogP contribution in [0.3, 0.4) is 0 Å². The fourth-order valence-electron chi connectivity index (χ4n) is 2.01. The van der Waals surface area contributed by atoms with Crippen molar-refractivity contribution in [3.8, 4) is 5.88 Å². The van der Waals surface area contributed by atoms with Gasteiger partial charge in [0, 0.05) is 37.6 Å². The molecule has 2 aromatic heterocycles. The third kappa shape index (κ3) is 3.81. The number of rotatable bonds is 7. The summed E-state index contributed by atoms with van der Waals surface area (Å²) in [4.78, 5) is 4.29. The SMILES string of the molecule is CCn1nccc1CNCc1cccnc1OC(C)C. The van der Waals surface area contributed by atoms with Crippen LogP contribution >= 0.6 is 0 Å². The topological polar surface area (TPSA) is 52.0 Å². The molecular weight excluding hydrogens is 252 g/mol. The van der Waals surface area contributed by atoms with Crippen LogP contribution in [0.1, 0.15) is 32.0 Å². The summed E-state index contributed by atoms with van der Waals surface area (Å²) in [6.45, 7) is 8.50. The third-order valence-electron chi connectivity index (χ3n) is 2.92. The van der Waals surface area contributed by atoms with Crippen molar-refractivity contribution in [1.82, 2.24) is 20.1 Å². The molecular formula is C15H22N4O. The average molecular weight is 274 g/mol. The largest absolute Gasteiger partial charge is 0.475 e. The molecule has 5 nitrogen and oxygen atoms in total. The molecule has 1 N–H and O–H groups in total. The van der Waals surface area contributed by atoms with E-state index in [-0.39, 0.29) is 6.10 Å². The number of ether oxygens (including phenoxy) is 1. The molecule has 0 fully saturated rings. The summed E-state index contributed by atoms with van der Waals surface area (Å²) in [5, 5.41) is 7.67. The lowest BCUT2D eigenvalue weighted by atomic mass is 10.2. The zero-order valence-electron chi connectivity index (χ0n) is 12.3. The molecule has 0 aromatic carbocycles. The van der Waals surface area contributed by atoms with Crippen molar-refractivity contribution in [3.05, 3.63) is 41.9 Å². The molecule has 108 valence electrons. The highest BCUT2D eigenvalue weighted by Gasteiger charge is 2.07. The number of aryl methyl sites for hydroxylation is 1. The lowest BCUT2D eigenvalue weighted by Crippen LogP contribution is -2.18. The van der Waals surface area contributed by atoms with Gasteiger partial charge in [-0.25, -0.2) is 4.98 Å². The molecule has 0 aliphatic carbocycles. The molecule has 20 heavy (non-hydrogen) atoms.